The molecule has 35 heavy (non-hydrogen) atoms. The number of nitrogens with zero attached hydrogens (tertiary/aromatic N) is 1. The summed E-state index contributed by atoms with van der Waals surface area (Å²) in [6, 6.07) is 8.86. The van der Waals surface area contributed by atoms with E-state index >= 15 is 0 Å². The van der Waals surface area contributed by atoms with Crippen LogP contribution in [-0.2, 0) is 37.7 Å². The van der Waals surface area contributed by atoms with Crippen LogP contribution >= 0.6 is 0 Å². The smallest absolute Gasteiger partial charge is 0.308 e. The molecule has 0 bridgehead atoms. The predicted octanol–water partition coefficient (Wildman–Crippen LogP) is 3.39. The third kappa shape index (κ3) is 5.74. The van der Waals surface area contributed by atoms with E-state index in [9.17, 15) is 14.4 Å². The summed E-state index contributed by atoms with van der Waals surface area (Å²) in [6.07, 6.45) is 1.64. The molecule has 9 heteroatoms. The molecule has 0 amide bonds. The number of hydrogen-bond acceptors (Lipinski definition) is 9. The molecule has 0 saturated heterocycles. The molecular weight excluding hydrogens is 454 g/mol. The summed E-state index contributed by atoms with van der Waals surface area (Å²) in [7, 11) is 4.91. The standard InChI is InChI=1S/C26H31NO8/c1-16(28)33-22-8-7-19(13-23(22)31-5)9-11-26(35-18(3)30)21-15-25(34-17(2)29)24(32-6)14-20(21)10-12-27(26)4/h7-8,13-15H,9-12H2,1-6H3. The number of aryl methyl sites for hydroxylation is 1. The topological polar surface area (TPSA) is 101 Å². The summed E-state index contributed by atoms with van der Waals surface area (Å²) in [5.74, 6) is 0.103. The first-order valence-electron chi connectivity index (χ1n) is 11.3. The molecule has 0 fully saturated rings. The van der Waals surface area contributed by atoms with Crippen LogP contribution in [0.3, 0.4) is 0 Å². The third-order valence-corrected chi connectivity index (χ3v) is 5.94. The molecule has 1 aliphatic heterocycles. The van der Waals surface area contributed by atoms with Gasteiger partial charge in [-0.25, -0.2) is 0 Å². The van der Waals surface area contributed by atoms with Gasteiger partial charge >= 0.3 is 17.9 Å². The molecule has 9 nitrogen and oxygen atoms in total. The van der Waals surface area contributed by atoms with Gasteiger partial charge in [-0.15, -0.1) is 0 Å². The molecule has 1 heterocycles. The first-order valence-corrected chi connectivity index (χ1v) is 11.3. The maximum absolute atomic E-state index is 12.3. The normalized spacial score (nSPS) is 17.2. The van der Waals surface area contributed by atoms with Crippen LogP contribution in [0.1, 0.15) is 43.9 Å². The Morgan fingerprint density at radius 1 is 0.857 bits per heavy atom. The minimum absolute atomic E-state index is 0.262. The van der Waals surface area contributed by atoms with Gasteiger partial charge in [-0.1, -0.05) is 6.07 Å². The molecule has 3 rings (SSSR count). The van der Waals surface area contributed by atoms with Gasteiger partial charge in [-0.3, -0.25) is 19.3 Å². The van der Waals surface area contributed by atoms with E-state index in [1.807, 2.05) is 24.1 Å². The lowest BCUT2D eigenvalue weighted by Gasteiger charge is -2.45. The number of rotatable bonds is 8. The van der Waals surface area contributed by atoms with Gasteiger partial charge in [0.25, 0.3) is 0 Å². The molecule has 0 spiro atoms. The summed E-state index contributed by atoms with van der Waals surface area (Å²) in [5, 5.41) is 0. The van der Waals surface area contributed by atoms with Crippen LogP contribution in [-0.4, -0.2) is 50.6 Å². The zero-order valence-corrected chi connectivity index (χ0v) is 20.9. The van der Waals surface area contributed by atoms with Crippen molar-refractivity contribution >= 4 is 17.9 Å². The van der Waals surface area contributed by atoms with E-state index in [1.54, 1.807) is 18.2 Å². The van der Waals surface area contributed by atoms with Crippen LogP contribution < -0.4 is 18.9 Å². The number of carbonyl (C=O) groups is 3. The maximum atomic E-state index is 12.3. The molecule has 2 aromatic rings. The molecule has 1 aliphatic rings. The van der Waals surface area contributed by atoms with Gasteiger partial charge in [0, 0.05) is 39.3 Å². The largest absolute Gasteiger partial charge is 0.493 e. The minimum atomic E-state index is -1.09. The Morgan fingerprint density at radius 2 is 1.49 bits per heavy atom. The SMILES string of the molecule is COc1cc(CCC2(OC(C)=O)c3cc(OC(C)=O)c(OC)cc3CCN2C)ccc1OC(C)=O. The Kier molecular flexibility index (Phi) is 8.01. The number of methoxy groups -OCH3 is 2. The Labute approximate surface area is 204 Å². The van der Waals surface area contributed by atoms with Gasteiger partial charge in [0.2, 0.25) is 0 Å². The zero-order chi connectivity index (χ0) is 25.8. The fourth-order valence-electron chi connectivity index (χ4n) is 4.41. The van der Waals surface area contributed by atoms with Gasteiger partial charge in [-0.2, -0.15) is 0 Å². The number of carbonyl (C=O) groups excluding carboxylic acids is 3. The molecule has 188 valence electrons. The highest BCUT2D eigenvalue weighted by Gasteiger charge is 2.44. The molecule has 0 aliphatic carbocycles. The van der Waals surface area contributed by atoms with Crippen molar-refractivity contribution in [1.29, 1.82) is 0 Å². The van der Waals surface area contributed by atoms with Crippen molar-refractivity contribution < 1.29 is 38.1 Å². The minimum Gasteiger partial charge on any atom is -0.493 e. The highest BCUT2D eigenvalue weighted by Crippen LogP contribution is 2.44. The molecule has 1 atom stereocenters. The van der Waals surface area contributed by atoms with Gasteiger partial charge in [-0.05, 0) is 55.3 Å². The second-order valence-corrected chi connectivity index (χ2v) is 8.38. The van der Waals surface area contributed by atoms with E-state index in [0.717, 1.165) is 16.7 Å². The van der Waals surface area contributed by atoms with Crippen molar-refractivity contribution in [1.82, 2.24) is 4.90 Å². The first kappa shape index (κ1) is 26.0. The van der Waals surface area contributed by atoms with Gasteiger partial charge < -0.3 is 23.7 Å². The highest BCUT2D eigenvalue weighted by molar-refractivity contribution is 5.71. The quantitative estimate of drug-likeness (QED) is 0.411. The number of benzene rings is 2. The molecule has 0 aromatic heterocycles. The van der Waals surface area contributed by atoms with Crippen molar-refractivity contribution in [3.05, 3.63) is 47.0 Å². The van der Waals surface area contributed by atoms with Crippen LogP contribution in [0.25, 0.3) is 0 Å². The summed E-state index contributed by atoms with van der Waals surface area (Å²) < 4.78 is 27.4. The van der Waals surface area contributed by atoms with E-state index in [-0.39, 0.29) is 5.75 Å². The van der Waals surface area contributed by atoms with E-state index in [1.165, 1.54) is 35.0 Å². The average molecular weight is 486 g/mol. The van der Waals surface area contributed by atoms with E-state index in [2.05, 4.69) is 0 Å². The number of esters is 3. The Hall–Kier alpha value is -3.59. The van der Waals surface area contributed by atoms with Gasteiger partial charge in [0.05, 0.1) is 14.2 Å². The second-order valence-electron chi connectivity index (χ2n) is 8.38. The Bertz CT molecular complexity index is 1130. The number of hydrogen-bond donors (Lipinski definition) is 0. The molecule has 0 N–H and O–H groups in total. The van der Waals surface area contributed by atoms with E-state index < -0.39 is 23.6 Å². The number of likely N-dealkylation sites (N-methyl/N-ethyl adjacent to an activating group) is 1. The fourth-order valence-corrected chi connectivity index (χ4v) is 4.41. The van der Waals surface area contributed by atoms with Crippen LogP contribution in [0.15, 0.2) is 30.3 Å². The summed E-state index contributed by atoms with van der Waals surface area (Å²) in [5.41, 5.74) is 1.49. The van der Waals surface area contributed by atoms with E-state index in [0.29, 0.717) is 43.1 Å². The number of fused-ring (bicyclic) bond motifs is 1. The van der Waals surface area contributed by atoms with Crippen LogP contribution in [0.4, 0.5) is 0 Å². The Morgan fingerprint density at radius 3 is 2.09 bits per heavy atom. The lowest BCUT2D eigenvalue weighted by molar-refractivity contribution is -0.188. The monoisotopic (exact) mass is 485 g/mol. The van der Waals surface area contributed by atoms with Crippen molar-refractivity contribution in [2.24, 2.45) is 0 Å². The number of ether oxygens (including phenoxy) is 5. The average Bonchev–Trinajstić information content (AvgIpc) is 2.79. The second kappa shape index (κ2) is 10.8. The van der Waals surface area contributed by atoms with Crippen LogP contribution in [0, 0.1) is 0 Å². The van der Waals surface area contributed by atoms with Crippen molar-refractivity contribution in [3.8, 4) is 23.0 Å². The Balaban J connectivity index is 2.04. The summed E-state index contributed by atoms with van der Waals surface area (Å²) in [6.45, 7) is 4.66. The lowest BCUT2D eigenvalue weighted by atomic mass is 9.85. The molecule has 0 saturated carbocycles. The van der Waals surface area contributed by atoms with Crippen LogP contribution in [0.5, 0.6) is 23.0 Å². The lowest BCUT2D eigenvalue weighted by Crippen LogP contribution is -2.51. The summed E-state index contributed by atoms with van der Waals surface area (Å²) in [4.78, 5) is 37.3. The van der Waals surface area contributed by atoms with Crippen LogP contribution in [0.2, 0.25) is 0 Å². The fraction of sp³-hybridized carbons (Fsp3) is 0.423. The van der Waals surface area contributed by atoms with Gasteiger partial charge in [0.1, 0.15) is 0 Å². The molecule has 1 unspecified atom stereocenters. The summed E-state index contributed by atoms with van der Waals surface area (Å²) >= 11 is 0. The van der Waals surface area contributed by atoms with E-state index in [4.69, 9.17) is 23.7 Å². The van der Waals surface area contributed by atoms with Crippen molar-refractivity contribution in [3.63, 3.8) is 0 Å². The van der Waals surface area contributed by atoms with Crippen molar-refractivity contribution in [2.45, 2.75) is 45.8 Å². The zero-order valence-electron chi connectivity index (χ0n) is 20.9. The van der Waals surface area contributed by atoms with Crippen molar-refractivity contribution in [2.75, 3.05) is 27.8 Å². The predicted molar refractivity (Wildman–Crippen MR) is 127 cm³/mol. The maximum Gasteiger partial charge on any atom is 0.308 e. The van der Waals surface area contributed by atoms with Gasteiger partial charge in [0.15, 0.2) is 28.7 Å². The molecule has 2 aromatic carbocycles. The molecular formula is C26H31NO8. The highest BCUT2D eigenvalue weighted by atomic mass is 16.6. The molecule has 0 radical (unpaired) electrons. The first-order chi connectivity index (χ1) is 16.6. The third-order valence-electron chi connectivity index (χ3n) is 5.94.